The molecular formula is C24H38N6O. The Kier molecular flexibility index (Phi) is 7.06. The summed E-state index contributed by atoms with van der Waals surface area (Å²) in [7, 11) is 4.35. The molecule has 1 unspecified atom stereocenters. The average Bonchev–Trinajstić information content (AvgIpc) is 3.08. The Morgan fingerprint density at radius 2 is 2.03 bits per heavy atom. The number of pyridine rings is 1. The van der Waals surface area contributed by atoms with E-state index in [0.717, 1.165) is 69.4 Å². The number of aromatic nitrogens is 3. The van der Waals surface area contributed by atoms with Crippen molar-refractivity contribution in [3.8, 4) is 0 Å². The van der Waals surface area contributed by atoms with Crippen molar-refractivity contribution in [3.05, 3.63) is 46.8 Å². The van der Waals surface area contributed by atoms with Crippen LogP contribution in [0.2, 0.25) is 0 Å². The van der Waals surface area contributed by atoms with E-state index < -0.39 is 6.10 Å². The Balaban J connectivity index is 1.57. The summed E-state index contributed by atoms with van der Waals surface area (Å²) < 4.78 is 2.25. The zero-order valence-corrected chi connectivity index (χ0v) is 19.6. The molecule has 1 saturated heterocycles. The van der Waals surface area contributed by atoms with Gasteiger partial charge >= 0.3 is 0 Å². The fraction of sp³-hybridized carbons (Fsp3) is 0.667. The van der Waals surface area contributed by atoms with Gasteiger partial charge in [-0.15, -0.1) is 0 Å². The normalized spacial score (nSPS) is 21.4. The third kappa shape index (κ3) is 4.85. The Morgan fingerprint density at radius 1 is 1.26 bits per heavy atom. The Labute approximate surface area is 186 Å². The van der Waals surface area contributed by atoms with Gasteiger partial charge in [0.25, 0.3) is 0 Å². The van der Waals surface area contributed by atoms with Crippen LogP contribution >= 0.6 is 0 Å². The molecule has 2 aromatic heterocycles. The average molecular weight is 427 g/mol. The van der Waals surface area contributed by atoms with Crippen molar-refractivity contribution in [2.24, 2.45) is 0 Å². The molecule has 0 saturated carbocycles. The molecule has 7 nitrogen and oxygen atoms in total. The number of hydrogen-bond donors (Lipinski definition) is 1. The zero-order chi connectivity index (χ0) is 22.0. The highest BCUT2D eigenvalue weighted by Crippen LogP contribution is 2.34. The van der Waals surface area contributed by atoms with Gasteiger partial charge in [0.15, 0.2) is 0 Å². The number of aryl methyl sites for hydroxylation is 2. The molecule has 2 aliphatic rings. The molecule has 2 atom stereocenters. The summed E-state index contributed by atoms with van der Waals surface area (Å²) in [6, 6.07) is 4.56. The van der Waals surface area contributed by atoms with E-state index in [1.54, 1.807) is 0 Å². The first-order chi connectivity index (χ1) is 15.0. The van der Waals surface area contributed by atoms with Crippen molar-refractivity contribution in [3.63, 3.8) is 0 Å². The summed E-state index contributed by atoms with van der Waals surface area (Å²) in [5.74, 6) is 0.993. The lowest BCUT2D eigenvalue weighted by atomic mass is 9.91. The van der Waals surface area contributed by atoms with Crippen molar-refractivity contribution in [1.29, 1.82) is 0 Å². The SMILES string of the molecule is CCC(O)c1c(CN(C)[C@H]2CCCc3cccnc32)nc(C)n1CN1CCN(C)CC1. The molecule has 0 bridgehead atoms. The van der Waals surface area contributed by atoms with Crippen LogP contribution in [0.15, 0.2) is 18.3 Å². The quantitative estimate of drug-likeness (QED) is 0.735. The first kappa shape index (κ1) is 22.4. The van der Waals surface area contributed by atoms with Crippen LogP contribution < -0.4 is 0 Å². The molecule has 1 N–H and O–H groups in total. The van der Waals surface area contributed by atoms with Gasteiger partial charge in [-0.25, -0.2) is 4.98 Å². The number of aliphatic hydroxyl groups excluding tert-OH is 1. The molecular weight excluding hydrogens is 388 g/mol. The largest absolute Gasteiger partial charge is 0.387 e. The number of piperazine rings is 1. The second-order valence-corrected chi connectivity index (χ2v) is 9.28. The Hall–Kier alpha value is -1.80. The summed E-state index contributed by atoms with van der Waals surface area (Å²) in [6.45, 7) is 9.92. The van der Waals surface area contributed by atoms with Crippen molar-refractivity contribution in [2.75, 3.05) is 40.3 Å². The first-order valence-electron chi connectivity index (χ1n) is 11.8. The zero-order valence-electron chi connectivity index (χ0n) is 19.6. The molecule has 7 heteroatoms. The summed E-state index contributed by atoms with van der Waals surface area (Å²) >= 11 is 0. The first-order valence-corrected chi connectivity index (χ1v) is 11.8. The molecule has 0 spiro atoms. The molecule has 0 aromatic carbocycles. The number of aliphatic hydroxyl groups is 1. The standard InChI is InChI=1S/C24H38N6O/c1-5-22(31)24-20(26-18(2)30(24)17-29-14-12-27(3)13-15-29)16-28(4)21-10-6-8-19-9-7-11-25-23(19)21/h7,9,11,21-22,31H,5-6,8,10,12-17H2,1-4H3/t21-,22?/m0/s1. The van der Waals surface area contributed by atoms with Crippen molar-refractivity contribution in [1.82, 2.24) is 29.2 Å². The highest BCUT2D eigenvalue weighted by atomic mass is 16.3. The molecule has 0 amide bonds. The molecule has 3 heterocycles. The third-order valence-electron chi connectivity index (χ3n) is 7.01. The third-order valence-corrected chi connectivity index (χ3v) is 7.01. The fourth-order valence-electron chi connectivity index (χ4n) is 5.05. The summed E-state index contributed by atoms with van der Waals surface area (Å²) in [6.07, 6.45) is 5.53. The topological polar surface area (TPSA) is 60.7 Å². The summed E-state index contributed by atoms with van der Waals surface area (Å²) in [5.41, 5.74) is 4.58. The van der Waals surface area contributed by atoms with Crippen LogP contribution in [0.4, 0.5) is 0 Å². The van der Waals surface area contributed by atoms with Crippen LogP contribution in [-0.2, 0) is 19.6 Å². The van der Waals surface area contributed by atoms with Gasteiger partial charge in [0.2, 0.25) is 0 Å². The van der Waals surface area contributed by atoms with E-state index >= 15 is 0 Å². The highest BCUT2D eigenvalue weighted by molar-refractivity contribution is 5.26. The van der Waals surface area contributed by atoms with Crippen molar-refractivity contribution in [2.45, 2.75) is 64.9 Å². The van der Waals surface area contributed by atoms with Gasteiger partial charge in [0.05, 0.1) is 35.9 Å². The molecule has 31 heavy (non-hydrogen) atoms. The van der Waals surface area contributed by atoms with E-state index in [2.05, 4.69) is 46.4 Å². The lowest BCUT2D eigenvalue weighted by Gasteiger charge is -2.33. The molecule has 0 radical (unpaired) electrons. The predicted octanol–water partition coefficient (Wildman–Crippen LogP) is 2.74. The van der Waals surface area contributed by atoms with Gasteiger partial charge in [-0.1, -0.05) is 13.0 Å². The van der Waals surface area contributed by atoms with E-state index in [4.69, 9.17) is 9.97 Å². The monoisotopic (exact) mass is 426 g/mol. The van der Waals surface area contributed by atoms with Gasteiger partial charge < -0.3 is 14.6 Å². The minimum absolute atomic E-state index is 0.305. The lowest BCUT2D eigenvalue weighted by molar-refractivity contribution is 0.111. The van der Waals surface area contributed by atoms with Gasteiger partial charge in [-0.05, 0) is 58.3 Å². The molecule has 1 fully saturated rings. The summed E-state index contributed by atoms with van der Waals surface area (Å²) in [4.78, 5) is 16.9. The Morgan fingerprint density at radius 3 is 2.77 bits per heavy atom. The van der Waals surface area contributed by atoms with Crippen LogP contribution in [0.25, 0.3) is 0 Å². The number of likely N-dealkylation sites (N-methyl/N-ethyl adjacent to an activating group) is 1. The maximum Gasteiger partial charge on any atom is 0.107 e. The molecule has 1 aliphatic heterocycles. The van der Waals surface area contributed by atoms with Crippen LogP contribution in [0, 0.1) is 6.92 Å². The van der Waals surface area contributed by atoms with E-state index in [1.807, 2.05) is 19.2 Å². The van der Waals surface area contributed by atoms with E-state index in [1.165, 1.54) is 17.7 Å². The molecule has 2 aromatic rings. The smallest absolute Gasteiger partial charge is 0.107 e. The number of rotatable bonds is 7. The van der Waals surface area contributed by atoms with E-state index in [0.29, 0.717) is 12.5 Å². The number of fused-ring (bicyclic) bond motifs is 1. The van der Waals surface area contributed by atoms with Gasteiger partial charge in [-0.2, -0.15) is 0 Å². The minimum atomic E-state index is -0.492. The number of hydrogen-bond acceptors (Lipinski definition) is 6. The number of nitrogens with zero attached hydrogens (tertiary/aromatic N) is 6. The van der Waals surface area contributed by atoms with Gasteiger partial charge in [0.1, 0.15) is 5.82 Å². The Bertz CT molecular complexity index is 873. The van der Waals surface area contributed by atoms with Gasteiger partial charge in [-0.3, -0.25) is 14.8 Å². The second kappa shape index (κ2) is 9.77. The van der Waals surface area contributed by atoms with Crippen molar-refractivity contribution >= 4 is 0 Å². The summed E-state index contributed by atoms with van der Waals surface area (Å²) in [5, 5.41) is 10.9. The lowest BCUT2D eigenvalue weighted by Crippen LogP contribution is -2.45. The molecule has 170 valence electrons. The van der Waals surface area contributed by atoms with Crippen LogP contribution in [0.5, 0.6) is 0 Å². The van der Waals surface area contributed by atoms with Crippen LogP contribution in [0.3, 0.4) is 0 Å². The van der Waals surface area contributed by atoms with Crippen LogP contribution in [-0.4, -0.2) is 74.6 Å². The second-order valence-electron chi connectivity index (χ2n) is 9.28. The highest BCUT2D eigenvalue weighted by Gasteiger charge is 2.28. The minimum Gasteiger partial charge on any atom is -0.387 e. The maximum absolute atomic E-state index is 10.9. The maximum atomic E-state index is 10.9. The predicted molar refractivity (Wildman–Crippen MR) is 123 cm³/mol. The van der Waals surface area contributed by atoms with E-state index in [-0.39, 0.29) is 0 Å². The van der Waals surface area contributed by atoms with Gasteiger partial charge in [0, 0.05) is 38.9 Å². The number of imidazole rings is 1. The molecule has 1 aliphatic carbocycles. The molecule has 4 rings (SSSR count). The fourth-order valence-corrected chi connectivity index (χ4v) is 5.05. The van der Waals surface area contributed by atoms with Crippen LogP contribution in [0.1, 0.15) is 66.8 Å². The van der Waals surface area contributed by atoms with Crippen molar-refractivity contribution < 1.29 is 5.11 Å². The van der Waals surface area contributed by atoms with E-state index in [9.17, 15) is 5.11 Å².